The van der Waals surface area contributed by atoms with Crippen molar-refractivity contribution in [1.82, 2.24) is 5.32 Å². The molecule has 0 saturated carbocycles. The molecular weight excluding hydrogens is 222 g/mol. The van der Waals surface area contributed by atoms with Crippen LogP contribution in [0, 0.1) is 0 Å². The van der Waals surface area contributed by atoms with Gasteiger partial charge < -0.3 is 15.2 Å². The van der Waals surface area contributed by atoms with E-state index in [4.69, 9.17) is 4.74 Å². The average molecular weight is 237 g/mol. The molecule has 0 heterocycles. The van der Waals surface area contributed by atoms with E-state index in [1.807, 2.05) is 0 Å². The van der Waals surface area contributed by atoms with Crippen LogP contribution < -0.4 is 10.1 Å². The third-order valence-corrected chi connectivity index (χ3v) is 2.78. The van der Waals surface area contributed by atoms with Crippen molar-refractivity contribution < 1.29 is 19.4 Å². The van der Waals surface area contributed by atoms with Crippen molar-refractivity contribution in [3.63, 3.8) is 0 Å². The maximum Gasteiger partial charge on any atom is 0.334 e. The molecular formula is C12H15NO4. The van der Waals surface area contributed by atoms with Crippen molar-refractivity contribution in [2.45, 2.75) is 18.9 Å². The minimum absolute atomic E-state index is 0.257. The van der Waals surface area contributed by atoms with Crippen LogP contribution >= 0.6 is 0 Å². The van der Waals surface area contributed by atoms with Gasteiger partial charge in [0.25, 0.3) is 0 Å². The summed E-state index contributed by atoms with van der Waals surface area (Å²) in [6.07, 6.45) is 0.662. The molecule has 92 valence electrons. The summed E-state index contributed by atoms with van der Waals surface area (Å²) >= 11 is 0. The summed E-state index contributed by atoms with van der Waals surface area (Å²) in [5.74, 6) is -0.451. The lowest BCUT2D eigenvalue weighted by Crippen LogP contribution is -2.48. The Kier molecular flexibility index (Phi) is 4.09. The van der Waals surface area contributed by atoms with E-state index in [1.165, 1.54) is 7.11 Å². The van der Waals surface area contributed by atoms with Crippen LogP contribution in [0.15, 0.2) is 24.3 Å². The predicted molar refractivity (Wildman–Crippen MR) is 61.8 cm³/mol. The third-order valence-electron chi connectivity index (χ3n) is 2.78. The van der Waals surface area contributed by atoms with E-state index in [-0.39, 0.29) is 6.42 Å². The number of amides is 1. The number of carbonyl (C=O) groups is 2. The van der Waals surface area contributed by atoms with Gasteiger partial charge in [0.15, 0.2) is 5.54 Å². The highest BCUT2D eigenvalue weighted by Crippen LogP contribution is 2.26. The molecule has 5 nitrogen and oxygen atoms in total. The zero-order chi connectivity index (χ0) is 12.9. The van der Waals surface area contributed by atoms with Crippen molar-refractivity contribution >= 4 is 12.4 Å². The van der Waals surface area contributed by atoms with Gasteiger partial charge in [-0.05, 0) is 24.1 Å². The molecule has 1 unspecified atom stereocenters. The van der Waals surface area contributed by atoms with Crippen LogP contribution in [0.25, 0.3) is 0 Å². The lowest BCUT2D eigenvalue weighted by Gasteiger charge is -2.28. The highest BCUT2D eigenvalue weighted by atomic mass is 16.5. The summed E-state index contributed by atoms with van der Waals surface area (Å²) in [5, 5.41) is 11.7. The Morgan fingerprint density at radius 3 is 2.41 bits per heavy atom. The van der Waals surface area contributed by atoms with Crippen LogP contribution in [0.1, 0.15) is 18.9 Å². The molecule has 2 N–H and O–H groups in total. The first-order valence-corrected chi connectivity index (χ1v) is 5.20. The lowest BCUT2D eigenvalue weighted by atomic mass is 9.87. The zero-order valence-electron chi connectivity index (χ0n) is 9.77. The van der Waals surface area contributed by atoms with Crippen LogP contribution in [0.4, 0.5) is 0 Å². The summed E-state index contributed by atoms with van der Waals surface area (Å²) in [5.41, 5.74) is -0.867. The Morgan fingerprint density at radius 1 is 1.47 bits per heavy atom. The fraction of sp³-hybridized carbons (Fsp3) is 0.333. The Bertz CT molecular complexity index is 401. The molecule has 1 aromatic rings. The molecule has 0 spiro atoms. The van der Waals surface area contributed by atoms with Gasteiger partial charge in [0.1, 0.15) is 5.75 Å². The van der Waals surface area contributed by atoms with E-state index >= 15 is 0 Å². The van der Waals surface area contributed by atoms with Crippen LogP contribution in [-0.4, -0.2) is 24.6 Å². The van der Waals surface area contributed by atoms with Crippen molar-refractivity contribution in [3.8, 4) is 5.75 Å². The maximum atomic E-state index is 11.3. The molecule has 1 amide bonds. The van der Waals surface area contributed by atoms with Crippen LogP contribution in [-0.2, 0) is 15.1 Å². The smallest absolute Gasteiger partial charge is 0.334 e. The van der Waals surface area contributed by atoms with Gasteiger partial charge in [0.05, 0.1) is 7.11 Å². The molecule has 1 atom stereocenters. The van der Waals surface area contributed by atoms with E-state index in [0.717, 1.165) is 0 Å². The number of ether oxygens (including phenoxy) is 1. The lowest BCUT2D eigenvalue weighted by molar-refractivity contribution is -0.147. The molecule has 0 aliphatic carbocycles. The highest BCUT2D eigenvalue weighted by molar-refractivity contribution is 5.83. The molecule has 0 radical (unpaired) electrons. The Morgan fingerprint density at radius 2 is 2.06 bits per heavy atom. The molecule has 5 heteroatoms. The Hall–Kier alpha value is -2.04. The molecule has 0 saturated heterocycles. The molecule has 0 aliphatic rings. The van der Waals surface area contributed by atoms with Crippen molar-refractivity contribution in [1.29, 1.82) is 0 Å². The predicted octanol–water partition coefficient (Wildman–Crippen LogP) is 1.13. The second-order valence-electron chi connectivity index (χ2n) is 3.55. The van der Waals surface area contributed by atoms with Crippen LogP contribution in [0.3, 0.4) is 0 Å². The molecule has 0 fully saturated rings. The van der Waals surface area contributed by atoms with E-state index in [2.05, 4.69) is 5.32 Å². The fourth-order valence-corrected chi connectivity index (χ4v) is 1.70. The molecule has 0 aliphatic heterocycles. The minimum atomic E-state index is -1.38. The Balaban J connectivity index is 3.20. The SMILES string of the molecule is CCC(NC=O)(C(=O)O)c1ccc(OC)cc1. The number of methoxy groups -OCH3 is 1. The highest BCUT2D eigenvalue weighted by Gasteiger charge is 2.38. The van der Waals surface area contributed by atoms with Crippen molar-refractivity contribution in [3.05, 3.63) is 29.8 Å². The normalized spacial score (nSPS) is 13.5. The van der Waals surface area contributed by atoms with Crippen LogP contribution in [0.2, 0.25) is 0 Å². The van der Waals surface area contributed by atoms with Gasteiger partial charge in [-0.2, -0.15) is 0 Å². The number of benzene rings is 1. The molecule has 1 aromatic carbocycles. The number of nitrogens with one attached hydrogen (secondary N) is 1. The number of hydrogen-bond donors (Lipinski definition) is 2. The maximum absolute atomic E-state index is 11.3. The fourth-order valence-electron chi connectivity index (χ4n) is 1.70. The summed E-state index contributed by atoms with van der Waals surface area (Å²) in [6.45, 7) is 1.70. The standard InChI is InChI=1S/C12H15NO4/c1-3-12(11(15)16,13-8-14)9-4-6-10(17-2)7-5-9/h4-8H,3H2,1-2H3,(H,13,14)(H,15,16). The molecule has 0 bridgehead atoms. The summed E-state index contributed by atoms with van der Waals surface area (Å²) in [6, 6.07) is 6.59. The first-order valence-electron chi connectivity index (χ1n) is 5.20. The number of aliphatic carboxylic acids is 1. The largest absolute Gasteiger partial charge is 0.497 e. The first kappa shape index (κ1) is 13.0. The quantitative estimate of drug-likeness (QED) is 0.727. The molecule has 17 heavy (non-hydrogen) atoms. The van der Waals surface area contributed by atoms with E-state index < -0.39 is 11.5 Å². The van der Waals surface area contributed by atoms with Crippen LogP contribution in [0.5, 0.6) is 5.75 Å². The molecule has 0 aromatic heterocycles. The van der Waals surface area contributed by atoms with E-state index in [0.29, 0.717) is 17.7 Å². The zero-order valence-corrected chi connectivity index (χ0v) is 9.77. The number of rotatable bonds is 6. The first-order chi connectivity index (χ1) is 8.10. The van der Waals surface area contributed by atoms with E-state index in [1.54, 1.807) is 31.2 Å². The number of carboxylic acid groups (broad SMARTS) is 1. The number of hydrogen-bond acceptors (Lipinski definition) is 3. The summed E-state index contributed by atoms with van der Waals surface area (Å²) in [4.78, 5) is 21.9. The van der Waals surface area contributed by atoms with Gasteiger partial charge in [-0.1, -0.05) is 19.1 Å². The number of carbonyl (C=O) groups excluding carboxylic acids is 1. The number of carboxylic acids is 1. The third kappa shape index (κ3) is 2.38. The second-order valence-corrected chi connectivity index (χ2v) is 3.55. The van der Waals surface area contributed by atoms with Gasteiger partial charge in [-0.3, -0.25) is 4.79 Å². The summed E-state index contributed by atoms with van der Waals surface area (Å²) in [7, 11) is 1.53. The molecule has 1 rings (SSSR count). The second kappa shape index (κ2) is 5.34. The van der Waals surface area contributed by atoms with Crippen molar-refractivity contribution in [2.75, 3.05) is 7.11 Å². The van der Waals surface area contributed by atoms with Gasteiger partial charge in [-0.15, -0.1) is 0 Å². The van der Waals surface area contributed by atoms with Gasteiger partial charge in [0, 0.05) is 0 Å². The van der Waals surface area contributed by atoms with Gasteiger partial charge >= 0.3 is 5.97 Å². The monoisotopic (exact) mass is 237 g/mol. The van der Waals surface area contributed by atoms with Crippen molar-refractivity contribution in [2.24, 2.45) is 0 Å². The topological polar surface area (TPSA) is 75.6 Å². The Labute approximate surface area is 99.4 Å². The van der Waals surface area contributed by atoms with Gasteiger partial charge in [-0.25, -0.2) is 4.79 Å². The van der Waals surface area contributed by atoms with Gasteiger partial charge in [0.2, 0.25) is 6.41 Å². The average Bonchev–Trinajstić information content (AvgIpc) is 2.36. The van der Waals surface area contributed by atoms with E-state index in [9.17, 15) is 14.7 Å². The minimum Gasteiger partial charge on any atom is -0.497 e. The summed E-state index contributed by atoms with van der Waals surface area (Å²) < 4.78 is 5.00.